The molecule has 0 spiro atoms. The Labute approximate surface area is 81.4 Å². The second-order valence-electron chi connectivity index (χ2n) is 3.75. The first-order valence-electron chi connectivity index (χ1n) is 4.61. The van der Waals surface area contributed by atoms with Crippen LogP contribution in [0.2, 0.25) is 0 Å². The molecule has 1 aromatic carbocycles. The number of fused-ring (bicyclic) bond motifs is 1. The third kappa shape index (κ3) is 1.20. The van der Waals surface area contributed by atoms with Gasteiger partial charge in [0.2, 0.25) is 0 Å². The topological polar surface area (TPSA) is 37.3 Å². The van der Waals surface area contributed by atoms with Crippen LogP contribution in [-0.4, -0.2) is 11.1 Å². The zero-order valence-corrected chi connectivity index (χ0v) is 7.83. The van der Waals surface area contributed by atoms with E-state index >= 15 is 0 Å². The molecular formula is C11H11FO2. The van der Waals surface area contributed by atoms with Gasteiger partial charge in [0, 0.05) is 0 Å². The molecule has 0 amide bonds. The smallest absolute Gasteiger partial charge is 0.307 e. The number of carboxylic acids is 1. The van der Waals surface area contributed by atoms with E-state index in [1.807, 2.05) is 13.0 Å². The molecule has 0 saturated carbocycles. The molecule has 0 bridgehead atoms. The summed E-state index contributed by atoms with van der Waals surface area (Å²) in [5.41, 5.74) is 1.42. The van der Waals surface area contributed by atoms with E-state index < -0.39 is 11.9 Å². The van der Waals surface area contributed by atoms with E-state index in [4.69, 9.17) is 5.11 Å². The van der Waals surface area contributed by atoms with E-state index in [0.717, 1.165) is 5.56 Å². The minimum Gasteiger partial charge on any atom is -0.481 e. The van der Waals surface area contributed by atoms with Crippen molar-refractivity contribution in [3.05, 3.63) is 35.1 Å². The lowest BCUT2D eigenvalue weighted by Crippen LogP contribution is -2.16. The highest BCUT2D eigenvalue weighted by Gasteiger charge is 2.35. The predicted molar refractivity (Wildman–Crippen MR) is 49.6 cm³/mol. The molecule has 0 aliphatic heterocycles. The summed E-state index contributed by atoms with van der Waals surface area (Å²) in [7, 11) is 0. The summed E-state index contributed by atoms with van der Waals surface area (Å²) in [6.45, 7) is 1.84. The molecule has 1 aliphatic rings. The maximum absolute atomic E-state index is 13.3. The maximum atomic E-state index is 13.3. The molecule has 14 heavy (non-hydrogen) atoms. The molecule has 1 N–H and O–H groups in total. The van der Waals surface area contributed by atoms with Gasteiger partial charge in [0.25, 0.3) is 0 Å². The molecule has 0 aromatic heterocycles. The van der Waals surface area contributed by atoms with Crippen molar-refractivity contribution in [1.82, 2.24) is 0 Å². The monoisotopic (exact) mass is 194 g/mol. The number of carbonyl (C=O) groups is 1. The van der Waals surface area contributed by atoms with Gasteiger partial charge in [-0.3, -0.25) is 4.79 Å². The summed E-state index contributed by atoms with van der Waals surface area (Å²) in [6.07, 6.45) is 0.318. The molecule has 0 radical (unpaired) electrons. The first kappa shape index (κ1) is 9.19. The Morgan fingerprint density at radius 2 is 2.29 bits per heavy atom. The van der Waals surface area contributed by atoms with Gasteiger partial charge in [0.1, 0.15) is 5.82 Å². The summed E-state index contributed by atoms with van der Waals surface area (Å²) in [4.78, 5) is 10.9. The van der Waals surface area contributed by atoms with Crippen molar-refractivity contribution in [1.29, 1.82) is 0 Å². The zero-order chi connectivity index (χ0) is 10.3. The highest BCUT2D eigenvalue weighted by molar-refractivity contribution is 5.73. The van der Waals surface area contributed by atoms with Crippen LogP contribution in [-0.2, 0) is 11.2 Å². The van der Waals surface area contributed by atoms with Gasteiger partial charge in [-0.05, 0) is 29.5 Å². The number of aliphatic carboxylic acids is 1. The Kier molecular flexibility index (Phi) is 2.02. The van der Waals surface area contributed by atoms with Gasteiger partial charge in [-0.25, -0.2) is 4.39 Å². The van der Waals surface area contributed by atoms with E-state index in [-0.39, 0.29) is 11.7 Å². The van der Waals surface area contributed by atoms with Gasteiger partial charge in [-0.2, -0.15) is 0 Å². The largest absolute Gasteiger partial charge is 0.481 e. The van der Waals surface area contributed by atoms with Gasteiger partial charge in [-0.1, -0.05) is 19.1 Å². The SMILES string of the molecule is C[C@@H]1c2cccc(F)c2C[C@H]1C(=O)O. The van der Waals surface area contributed by atoms with E-state index in [2.05, 4.69) is 0 Å². The average molecular weight is 194 g/mol. The van der Waals surface area contributed by atoms with Crippen molar-refractivity contribution < 1.29 is 14.3 Å². The van der Waals surface area contributed by atoms with Crippen molar-refractivity contribution in [3.8, 4) is 0 Å². The number of rotatable bonds is 1. The van der Waals surface area contributed by atoms with Crippen molar-refractivity contribution in [2.24, 2.45) is 5.92 Å². The molecule has 74 valence electrons. The van der Waals surface area contributed by atoms with Gasteiger partial charge in [-0.15, -0.1) is 0 Å². The minimum absolute atomic E-state index is 0.0850. The van der Waals surface area contributed by atoms with E-state index in [1.165, 1.54) is 6.07 Å². The maximum Gasteiger partial charge on any atom is 0.307 e. The van der Waals surface area contributed by atoms with Crippen molar-refractivity contribution in [2.75, 3.05) is 0 Å². The fourth-order valence-electron chi connectivity index (χ4n) is 2.13. The summed E-state index contributed by atoms with van der Waals surface area (Å²) >= 11 is 0. The zero-order valence-electron chi connectivity index (χ0n) is 7.83. The van der Waals surface area contributed by atoms with Crippen LogP contribution in [0.5, 0.6) is 0 Å². The van der Waals surface area contributed by atoms with Crippen LogP contribution in [0.4, 0.5) is 4.39 Å². The fourth-order valence-corrected chi connectivity index (χ4v) is 2.13. The van der Waals surface area contributed by atoms with Crippen LogP contribution in [0.3, 0.4) is 0 Å². The lowest BCUT2D eigenvalue weighted by atomic mass is 9.95. The molecule has 2 atom stereocenters. The van der Waals surface area contributed by atoms with Gasteiger partial charge in [0.15, 0.2) is 0 Å². The quantitative estimate of drug-likeness (QED) is 0.744. The Morgan fingerprint density at radius 1 is 1.57 bits per heavy atom. The van der Waals surface area contributed by atoms with E-state index in [9.17, 15) is 9.18 Å². The first-order chi connectivity index (χ1) is 6.61. The number of halogens is 1. The van der Waals surface area contributed by atoms with Crippen LogP contribution in [0.25, 0.3) is 0 Å². The molecule has 2 rings (SSSR count). The second-order valence-corrected chi connectivity index (χ2v) is 3.75. The Morgan fingerprint density at radius 3 is 2.86 bits per heavy atom. The molecular weight excluding hydrogens is 183 g/mol. The molecule has 0 unspecified atom stereocenters. The fraction of sp³-hybridized carbons (Fsp3) is 0.364. The van der Waals surface area contributed by atoms with E-state index in [1.54, 1.807) is 6.07 Å². The van der Waals surface area contributed by atoms with Crippen LogP contribution >= 0.6 is 0 Å². The molecule has 2 nitrogen and oxygen atoms in total. The third-order valence-corrected chi connectivity index (χ3v) is 2.99. The Bertz CT molecular complexity index is 387. The first-order valence-corrected chi connectivity index (χ1v) is 4.61. The van der Waals surface area contributed by atoms with Crippen molar-refractivity contribution >= 4 is 5.97 Å². The molecule has 0 fully saturated rings. The van der Waals surface area contributed by atoms with Crippen LogP contribution in [0, 0.1) is 11.7 Å². The molecule has 0 saturated heterocycles. The van der Waals surface area contributed by atoms with Crippen LogP contribution < -0.4 is 0 Å². The number of benzene rings is 1. The summed E-state index contributed by atoms with van der Waals surface area (Å²) in [5, 5.41) is 8.92. The van der Waals surface area contributed by atoms with Gasteiger partial charge >= 0.3 is 5.97 Å². The number of hydrogen-bond acceptors (Lipinski definition) is 1. The third-order valence-electron chi connectivity index (χ3n) is 2.99. The van der Waals surface area contributed by atoms with E-state index in [0.29, 0.717) is 12.0 Å². The van der Waals surface area contributed by atoms with Crippen LogP contribution in [0.1, 0.15) is 24.0 Å². The molecule has 3 heteroatoms. The molecule has 1 aromatic rings. The molecule has 0 heterocycles. The number of carboxylic acid groups (broad SMARTS) is 1. The van der Waals surface area contributed by atoms with Gasteiger partial charge in [0.05, 0.1) is 5.92 Å². The second kappa shape index (κ2) is 3.08. The normalized spacial score (nSPS) is 24.7. The summed E-state index contributed by atoms with van der Waals surface area (Å²) < 4.78 is 13.3. The lowest BCUT2D eigenvalue weighted by Gasteiger charge is -2.09. The standard InChI is InChI=1S/C11H11FO2/c1-6-7-3-2-4-10(12)9(7)5-8(6)11(13)14/h2-4,6,8H,5H2,1H3,(H,13,14)/t6-,8-/m1/s1. The highest BCUT2D eigenvalue weighted by atomic mass is 19.1. The van der Waals surface area contributed by atoms with Crippen molar-refractivity contribution in [3.63, 3.8) is 0 Å². The Balaban J connectivity index is 2.45. The summed E-state index contributed by atoms with van der Waals surface area (Å²) in [6, 6.07) is 4.83. The minimum atomic E-state index is -0.840. The van der Waals surface area contributed by atoms with Gasteiger partial charge < -0.3 is 5.11 Å². The average Bonchev–Trinajstić information content (AvgIpc) is 2.46. The lowest BCUT2D eigenvalue weighted by molar-refractivity contribution is -0.142. The van der Waals surface area contributed by atoms with Crippen molar-refractivity contribution in [2.45, 2.75) is 19.3 Å². The predicted octanol–water partition coefficient (Wildman–Crippen LogP) is 2.19. The Hall–Kier alpha value is -1.38. The highest BCUT2D eigenvalue weighted by Crippen LogP contribution is 2.38. The summed E-state index contributed by atoms with van der Waals surface area (Å²) in [5.74, 6) is -1.67. The van der Waals surface area contributed by atoms with Crippen LogP contribution in [0.15, 0.2) is 18.2 Å². The molecule has 1 aliphatic carbocycles. The number of hydrogen-bond donors (Lipinski definition) is 1.